The van der Waals surface area contributed by atoms with E-state index in [0.717, 1.165) is 16.8 Å². The van der Waals surface area contributed by atoms with Crippen LogP contribution in [0.3, 0.4) is 0 Å². The number of nitrogens with one attached hydrogen (secondary N) is 1. The Morgan fingerprint density at radius 1 is 0.927 bits per heavy atom. The minimum Gasteiger partial charge on any atom is -0.484 e. The van der Waals surface area contributed by atoms with Crippen LogP contribution in [-0.4, -0.2) is 62.6 Å². The number of carbonyl (C=O) groups is 3. The van der Waals surface area contributed by atoms with Crippen molar-refractivity contribution in [1.82, 2.24) is 5.32 Å². The summed E-state index contributed by atoms with van der Waals surface area (Å²) in [4.78, 5) is 42.5. The van der Waals surface area contributed by atoms with E-state index in [1.165, 1.54) is 10.8 Å². The zero-order chi connectivity index (χ0) is 28.2. The van der Waals surface area contributed by atoms with Gasteiger partial charge in [0.05, 0.1) is 13.2 Å². The summed E-state index contributed by atoms with van der Waals surface area (Å²) in [6.07, 6.45) is -0.922. The fourth-order valence-electron chi connectivity index (χ4n) is 4.83. The molecule has 9 heteroatoms. The number of anilines is 1. The minimum absolute atomic E-state index is 0.0333. The highest BCUT2D eigenvalue weighted by Crippen LogP contribution is 2.29. The molecule has 0 unspecified atom stereocenters. The average molecular weight is 550 g/mol. The van der Waals surface area contributed by atoms with Gasteiger partial charge < -0.3 is 24.4 Å². The maximum atomic E-state index is 12.4. The number of ether oxygens (including phenoxy) is 3. The van der Waals surface area contributed by atoms with Crippen LogP contribution in [0, 0.1) is 0 Å². The topological polar surface area (TPSA) is 107 Å². The molecule has 0 aromatic heterocycles. The maximum Gasteiger partial charge on any atom is 0.291 e. The maximum absolute atomic E-state index is 12.4. The van der Waals surface area contributed by atoms with Gasteiger partial charge in [0.15, 0.2) is 12.7 Å². The van der Waals surface area contributed by atoms with Crippen molar-refractivity contribution in [2.24, 2.45) is 4.99 Å². The Bertz CT molecular complexity index is 1630. The summed E-state index contributed by atoms with van der Waals surface area (Å²) in [5, 5.41) is 5.01. The van der Waals surface area contributed by atoms with Crippen molar-refractivity contribution in [2.75, 3.05) is 37.8 Å². The molecule has 0 spiro atoms. The summed E-state index contributed by atoms with van der Waals surface area (Å²) in [5.41, 5.74) is 3.51. The van der Waals surface area contributed by atoms with E-state index in [1.54, 1.807) is 29.2 Å². The van der Waals surface area contributed by atoms with E-state index >= 15 is 0 Å². The third-order valence-electron chi connectivity index (χ3n) is 6.96. The summed E-state index contributed by atoms with van der Waals surface area (Å²) in [7, 11) is 0. The van der Waals surface area contributed by atoms with Crippen LogP contribution >= 0.6 is 0 Å². The summed E-state index contributed by atoms with van der Waals surface area (Å²) in [6.45, 7) is 0.783. The molecule has 206 valence electrons. The highest BCUT2D eigenvalue weighted by atomic mass is 16.5. The molecule has 4 aromatic rings. The number of benzene rings is 4. The van der Waals surface area contributed by atoms with E-state index in [2.05, 4.69) is 34.6 Å². The number of hydrogen-bond donors (Lipinski definition) is 1. The molecule has 1 atom stereocenters. The lowest BCUT2D eigenvalue weighted by atomic mass is 9.98. The highest BCUT2D eigenvalue weighted by Gasteiger charge is 2.30. The zero-order valence-corrected chi connectivity index (χ0v) is 22.1. The van der Waals surface area contributed by atoms with Crippen LogP contribution < -0.4 is 15.0 Å². The predicted molar refractivity (Wildman–Crippen MR) is 154 cm³/mol. The molecular weight excluding hydrogens is 522 g/mol. The van der Waals surface area contributed by atoms with Gasteiger partial charge in [-0.15, -0.1) is 0 Å². The lowest BCUT2D eigenvalue weighted by molar-refractivity contribution is -0.126. The van der Waals surface area contributed by atoms with Crippen LogP contribution in [0.4, 0.5) is 5.69 Å². The molecular formula is C32H27N3O6. The molecule has 2 aliphatic rings. The van der Waals surface area contributed by atoms with Gasteiger partial charge in [0.1, 0.15) is 12.4 Å². The Labute approximate surface area is 236 Å². The molecule has 9 nitrogen and oxygen atoms in total. The smallest absolute Gasteiger partial charge is 0.291 e. The number of hydrogen-bond acceptors (Lipinski definition) is 6. The summed E-state index contributed by atoms with van der Waals surface area (Å²) >= 11 is 0. The van der Waals surface area contributed by atoms with Gasteiger partial charge in [-0.25, -0.2) is 0 Å². The number of rotatable bonds is 8. The third kappa shape index (κ3) is 5.80. The molecule has 3 amide bonds. The van der Waals surface area contributed by atoms with Crippen LogP contribution in [0.15, 0.2) is 96.0 Å². The Balaban J connectivity index is 0.986. The molecule has 41 heavy (non-hydrogen) atoms. The van der Waals surface area contributed by atoms with Crippen LogP contribution in [-0.2, 0) is 23.9 Å². The van der Waals surface area contributed by atoms with E-state index in [0.29, 0.717) is 24.5 Å². The van der Waals surface area contributed by atoms with Crippen molar-refractivity contribution in [1.29, 1.82) is 0 Å². The molecule has 0 bridgehead atoms. The van der Waals surface area contributed by atoms with Gasteiger partial charge in [-0.2, -0.15) is 4.99 Å². The van der Waals surface area contributed by atoms with Crippen molar-refractivity contribution >= 4 is 40.1 Å². The number of carbonyl (C=O) groups excluding carboxylic acids is 3. The second-order valence-corrected chi connectivity index (χ2v) is 9.65. The standard InChI is InChI=1S/C32H27N3O6/c36-29(19-40-25-14-10-22(11-15-25)27-7-3-5-21-4-1-2-6-26(21)27)33-18-28-31(38)34-32(41-28)23-8-12-24(13-9-23)35-16-17-39-20-30(35)37/h1-15,28H,16-20H2,(H,33,36)/t28-/m0/s1. The third-order valence-corrected chi connectivity index (χ3v) is 6.96. The van der Waals surface area contributed by atoms with Gasteiger partial charge in [-0.05, 0) is 58.3 Å². The van der Waals surface area contributed by atoms with Gasteiger partial charge in [0.25, 0.3) is 17.7 Å². The molecule has 0 radical (unpaired) electrons. The average Bonchev–Trinajstić information content (AvgIpc) is 3.39. The molecule has 0 saturated carbocycles. The lowest BCUT2D eigenvalue weighted by Crippen LogP contribution is -2.41. The number of nitrogens with zero attached hydrogens (tertiary/aromatic N) is 2. The van der Waals surface area contributed by atoms with Crippen molar-refractivity contribution in [3.63, 3.8) is 0 Å². The molecule has 1 N–H and O–H groups in total. The Kier molecular flexibility index (Phi) is 7.42. The number of morpholine rings is 1. The Morgan fingerprint density at radius 3 is 2.49 bits per heavy atom. The van der Waals surface area contributed by atoms with Crippen LogP contribution in [0.25, 0.3) is 21.9 Å². The van der Waals surface area contributed by atoms with Gasteiger partial charge in [-0.3, -0.25) is 14.4 Å². The number of aliphatic imine (C=N–C) groups is 1. The van der Waals surface area contributed by atoms with E-state index < -0.39 is 12.0 Å². The van der Waals surface area contributed by atoms with Crippen molar-refractivity contribution < 1.29 is 28.6 Å². The van der Waals surface area contributed by atoms with E-state index in [1.807, 2.05) is 42.5 Å². The monoisotopic (exact) mass is 549 g/mol. The quantitative estimate of drug-likeness (QED) is 0.359. The largest absolute Gasteiger partial charge is 0.484 e. The van der Waals surface area contributed by atoms with Gasteiger partial charge in [0.2, 0.25) is 5.90 Å². The highest BCUT2D eigenvalue weighted by molar-refractivity contribution is 6.08. The lowest BCUT2D eigenvalue weighted by Gasteiger charge is -2.26. The fourth-order valence-corrected chi connectivity index (χ4v) is 4.83. The molecule has 4 aromatic carbocycles. The number of fused-ring (bicyclic) bond motifs is 1. The predicted octanol–water partition coefficient (Wildman–Crippen LogP) is 3.74. The molecule has 2 heterocycles. The van der Waals surface area contributed by atoms with Crippen molar-refractivity contribution in [3.05, 3.63) is 96.6 Å². The van der Waals surface area contributed by atoms with E-state index in [-0.39, 0.29) is 37.5 Å². The first-order chi connectivity index (χ1) is 20.0. The van der Waals surface area contributed by atoms with Crippen LogP contribution in [0.1, 0.15) is 5.56 Å². The second-order valence-electron chi connectivity index (χ2n) is 9.65. The van der Waals surface area contributed by atoms with E-state index in [9.17, 15) is 14.4 Å². The van der Waals surface area contributed by atoms with Crippen molar-refractivity contribution in [2.45, 2.75) is 6.10 Å². The first-order valence-electron chi connectivity index (χ1n) is 13.3. The van der Waals surface area contributed by atoms with Crippen LogP contribution in [0.2, 0.25) is 0 Å². The Morgan fingerprint density at radius 2 is 1.68 bits per heavy atom. The summed E-state index contributed by atoms with van der Waals surface area (Å²) < 4.78 is 16.5. The molecule has 1 fully saturated rings. The molecule has 1 saturated heterocycles. The first kappa shape index (κ1) is 26.2. The summed E-state index contributed by atoms with van der Waals surface area (Å²) in [6, 6.07) is 29.0. The minimum atomic E-state index is -0.922. The SMILES string of the molecule is O=C(COc1ccc(-c2cccc3ccccc23)cc1)NC[C@@H]1OC(c2ccc(N3CCOCC3=O)cc2)=NC1=O. The fraction of sp³-hybridized carbons (Fsp3) is 0.188. The Hall–Kier alpha value is -5.02. The summed E-state index contributed by atoms with van der Waals surface area (Å²) in [5.74, 6) is -0.224. The van der Waals surface area contributed by atoms with Gasteiger partial charge >= 0.3 is 0 Å². The van der Waals surface area contributed by atoms with Crippen LogP contribution in [0.5, 0.6) is 5.75 Å². The van der Waals surface area contributed by atoms with Gasteiger partial charge in [-0.1, -0.05) is 54.6 Å². The van der Waals surface area contributed by atoms with Crippen molar-refractivity contribution in [3.8, 4) is 16.9 Å². The molecule has 6 rings (SSSR count). The molecule has 2 aliphatic heterocycles. The zero-order valence-electron chi connectivity index (χ0n) is 22.1. The molecule has 0 aliphatic carbocycles. The second kappa shape index (κ2) is 11.6. The van der Waals surface area contributed by atoms with Gasteiger partial charge in [0, 0.05) is 17.8 Å². The first-order valence-corrected chi connectivity index (χ1v) is 13.3. The normalized spacial score (nSPS) is 16.8. The number of amides is 3. The van der Waals surface area contributed by atoms with E-state index in [4.69, 9.17) is 14.2 Å².